The summed E-state index contributed by atoms with van der Waals surface area (Å²) in [5.41, 5.74) is 1.39. The van der Waals surface area contributed by atoms with Gasteiger partial charge in [0.25, 0.3) is 5.91 Å². The van der Waals surface area contributed by atoms with E-state index in [-0.39, 0.29) is 11.4 Å². The Morgan fingerprint density at radius 1 is 1.07 bits per heavy atom. The minimum atomic E-state index is -0.543. The SMILES string of the molecule is COc1ccc2nc(N(/N=C/c3ccc(F)cc3)C(=O)c3cccc(F)c3)sc2c1. The highest BCUT2D eigenvalue weighted by Gasteiger charge is 2.21. The number of amides is 1. The fraction of sp³-hybridized carbons (Fsp3) is 0.0455. The van der Waals surface area contributed by atoms with Crippen LogP contribution in [0, 0.1) is 11.6 Å². The van der Waals surface area contributed by atoms with Crippen LogP contribution in [0.25, 0.3) is 10.2 Å². The van der Waals surface area contributed by atoms with Crippen LogP contribution in [0.5, 0.6) is 5.75 Å². The van der Waals surface area contributed by atoms with Crippen molar-refractivity contribution >= 4 is 38.8 Å². The third-order valence-electron chi connectivity index (χ3n) is 4.22. The number of thiazole rings is 1. The summed E-state index contributed by atoms with van der Waals surface area (Å²) in [5.74, 6) is -0.785. The van der Waals surface area contributed by atoms with Crippen molar-refractivity contribution in [2.24, 2.45) is 5.10 Å². The zero-order chi connectivity index (χ0) is 21.1. The van der Waals surface area contributed by atoms with Crippen LogP contribution < -0.4 is 9.75 Å². The summed E-state index contributed by atoms with van der Waals surface area (Å²) in [7, 11) is 1.57. The van der Waals surface area contributed by atoms with Crippen LogP contribution in [-0.2, 0) is 0 Å². The smallest absolute Gasteiger partial charge is 0.280 e. The number of hydrazone groups is 1. The van der Waals surface area contributed by atoms with E-state index in [1.807, 2.05) is 6.07 Å². The van der Waals surface area contributed by atoms with Gasteiger partial charge in [-0.25, -0.2) is 13.8 Å². The van der Waals surface area contributed by atoms with Crippen molar-refractivity contribution in [2.75, 3.05) is 12.1 Å². The lowest BCUT2D eigenvalue weighted by Crippen LogP contribution is -2.25. The molecule has 0 spiro atoms. The van der Waals surface area contributed by atoms with Gasteiger partial charge in [0, 0.05) is 5.56 Å². The Kier molecular flexibility index (Phi) is 5.49. The molecule has 0 atom stereocenters. The highest BCUT2D eigenvalue weighted by molar-refractivity contribution is 7.22. The molecular weight excluding hydrogens is 408 g/mol. The van der Waals surface area contributed by atoms with Gasteiger partial charge in [0.05, 0.1) is 23.5 Å². The summed E-state index contributed by atoms with van der Waals surface area (Å²) in [6.07, 6.45) is 1.42. The number of nitrogens with zero attached hydrogens (tertiary/aromatic N) is 3. The Bertz CT molecular complexity index is 1240. The van der Waals surface area contributed by atoms with Crippen molar-refractivity contribution < 1.29 is 18.3 Å². The lowest BCUT2D eigenvalue weighted by molar-refractivity contribution is 0.0987. The van der Waals surface area contributed by atoms with E-state index in [4.69, 9.17) is 4.74 Å². The number of carbonyl (C=O) groups is 1. The molecule has 0 aliphatic carbocycles. The summed E-state index contributed by atoms with van der Waals surface area (Å²) in [6, 6.07) is 16.4. The first-order valence-corrected chi connectivity index (χ1v) is 9.69. The fourth-order valence-electron chi connectivity index (χ4n) is 2.72. The molecule has 0 saturated carbocycles. The van der Waals surface area contributed by atoms with Gasteiger partial charge in [-0.1, -0.05) is 29.5 Å². The average Bonchev–Trinajstić information content (AvgIpc) is 3.17. The molecule has 0 aliphatic heterocycles. The second-order valence-corrected chi connectivity index (χ2v) is 7.26. The van der Waals surface area contributed by atoms with Gasteiger partial charge in [-0.2, -0.15) is 10.1 Å². The number of hydrogen-bond acceptors (Lipinski definition) is 5. The molecular formula is C22H15F2N3O2S. The Morgan fingerprint density at radius 3 is 2.60 bits per heavy atom. The number of benzene rings is 3. The van der Waals surface area contributed by atoms with Crippen LogP contribution in [0.1, 0.15) is 15.9 Å². The molecule has 0 fully saturated rings. The number of aromatic nitrogens is 1. The van der Waals surface area contributed by atoms with E-state index in [9.17, 15) is 13.6 Å². The fourth-order valence-corrected chi connectivity index (χ4v) is 3.67. The quantitative estimate of drug-likeness (QED) is 0.325. The van der Waals surface area contributed by atoms with E-state index in [1.165, 1.54) is 60.0 Å². The Labute approximate surface area is 174 Å². The zero-order valence-electron chi connectivity index (χ0n) is 15.8. The van der Waals surface area contributed by atoms with Crippen molar-refractivity contribution in [1.82, 2.24) is 4.98 Å². The number of methoxy groups -OCH3 is 1. The van der Waals surface area contributed by atoms with Gasteiger partial charge in [0.2, 0.25) is 5.13 Å². The highest BCUT2D eigenvalue weighted by Crippen LogP contribution is 2.32. The summed E-state index contributed by atoms with van der Waals surface area (Å²) >= 11 is 1.25. The number of carbonyl (C=O) groups excluding carboxylic acids is 1. The largest absolute Gasteiger partial charge is 0.497 e. The van der Waals surface area contributed by atoms with Crippen LogP contribution in [-0.4, -0.2) is 24.2 Å². The van der Waals surface area contributed by atoms with E-state index in [0.29, 0.717) is 22.0 Å². The van der Waals surface area contributed by atoms with E-state index >= 15 is 0 Å². The lowest BCUT2D eigenvalue weighted by Gasteiger charge is -2.13. The van der Waals surface area contributed by atoms with Crippen LogP contribution in [0.2, 0.25) is 0 Å². The molecule has 1 amide bonds. The van der Waals surface area contributed by atoms with E-state index in [0.717, 1.165) is 15.8 Å². The highest BCUT2D eigenvalue weighted by atomic mass is 32.1. The molecule has 4 aromatic rings. The summed E-state index contributed by atoms with van der Waals surface area (Å²) in [4.78, 5) is 17.6. The van der Waals surface area contributed by atoms with Crippen molar-refractivity contribution in [3.05, 3.63) is 89.5 Å². The van der Waals surface area contributed by atoms with Crippen LogP contribution in [0.4, 0.5) is 13.9 Å². The maximum absolute atomic E-state index is 13.7. The predicted molar refractivity (Wildman–Crippen MR) is 113 cm³/mol. The van der Waals surface area contributed by atoms with Crippen LogP contribution in [0.15, 0.2) is 71.8 Å². The van der Waals surface area contributed by atoms with Gasteiger partial charge in [0.1, 0.15) is 17.4 Å². The molecule has 0 aliphatic rings. The Balaban J connectivity index is 1.76. The molecule has 30 heavy (non-hydrogen) atoms. The molecule has 1 aromatic heterocycles. The maximum Gasteiger partial charge on any atom is 0.280 e. The number of rotatable bonds is 5. The van der Waals surface area contributed by atoms with Gasteiger partial charge in [0.15, 0.2) is 0 Å². The second-order valence-electron chi connectivity index (χ2n) is 6.25. The number of anilines is 1. The first-order chi connectivity index (χ1) is 14.5. The summed E-state index contributed by atoms with van der Waals surface area (Å²) in [5, 5.41) is 5.69. The molecule has 4 rings (SSSR count). The normalized spacial score (nSPS) is 11.2. The van der Waals surface area contributed by atoms with Crippen LogP contribution in [0.3, 0.4) is 0 Å². The first kappa shape index (κ1) is 19.7. The average molecular weight is 423 g/mol. The van der Waals surface area contributed by atoms with Crippen molar-refractivity contribution in [2.45, 2.75) is 0 Å². The predicted octanol–water partition coefficient (Wildman–Crippen LogP) is 5.26. The summed E-state index contributed by atoms with van der Waals surface area (Å²) in [6.45, 7) is 0. The van der Waals surface area contributed by atoms with Gasteiger partial charge >= 0.3 is 0 Å². The molecule has 150 valence electrons. The molecule has 3 aromatic carbocycles. The van der Waals surface area contributed by atoms with Crippen molar-refractivity contribution in [3.8, 4) is 5.75 Å². The molecule has 0 unspecified atom stereocenters. The Hall–Kier alpha value is -3.65. The molecule has 0 saturated heterocycles. The first-order valence-electron chi connectivity index (χ1n) is 8.87. The van der Waals surface area contributed by atoms with Crippen molar-refractivity contribution in [1.29, 1.82) is 0 Å². The van der Waals surface area contributed by atoms with E-state index in [1.54, 1.807) is 19.2 Å². The van der Waals surface area contributed by atoms with Crippen molar-refractivity contribution in [3.63, 3.8) is 0 Å². The van der Waals surface area contributed by atoms with E-state index in [2.05, 4.69) is 10.1 Å². The number of halogens is 2. The number of ether oxygens (including phenoxy) is 1. The molecule has 5 nitrogen and oxygen atoms in total. The monoisotopic (exact) mass is 423 g/mol. The molecule has 8 heteroatoms. The zero-order valence-corrected chi connectivity index (χ0v) is 16.6. The number of hydrogen-bond donors (Lipinski definition) is 0. The third-order valence-corrected chi connectivity index (χ3v) is 5.22. The second kappa shape index (κ2) is 8.38. The lowest BCUT2D eigenvalue weighted by atomic mass is 10.2. The standard InChI is InChI=1S/C22H15F2N3O2S/c1-29-18-9-10-19-20(12-18)30-22(26-19)27(21(28)15-3-2-4-17(24)11-15)25-13-14-5-7-16(23)8-6-14/h2-13H,1H3/b25-13+. The molecule has 1 heterocycles. The minimum Gasteiger partial charge on any atom is -0.497 e. The Morgan fingerprint density at radius 2 is 1.87 bits per heavy atom. The third kappa shape index (κ3) is 4.18. The summed E-state index contributed by atoms with van der Waals surface area (Å²) < 4.78 is 32.9. The van der Waals surface area contributed by atoms with E-state index < -0.39 is 11.7 Å². The van der Waals surface area contributed by atoms with Gasteiger partial charge in [-0.3, -0.25) is 4.79 Å². The molecule has 0 N–H and O–H groups in total. The number of fused-ring (bicyclic) bond motifs is 1. The maximum atomic E-state index is 13.7. The van der Waals surface area contributed by atoms with Gasteiger partial charge < -0.3 is 4.74 Å². The van der Waals surface area contributed by atoms with Gasteiger partial charge in [-0.15, -0.1) is 0 Å². The molecule has 0 radical (unpaired) electrons. The topological polar surface area (TPSA) is 54.8 Å². The van der Waals surface area contributed by atoms with Gasteiger partial charge in [-0.05, 0) is 54.1 Å². The minimum absolute atomic E-state index is 0.128. The molecule has 0 bridgehead atoms. The van der Waals surface area contributed by atoms with Crippen LogP contribution >= 0.6 is 11.3 Å².